The molecule has 2 aromatic rings. The van der Waals surface area contributed by atoms with Crippen LogP contribution in [0.4, 0.5) is 11.4 Å². The van der Waals surface area contributed by atoms with Gasteiger partial charge in [-0.25, -0.2) is 0 Å². The summed E-state index contributed by atoms with van der Waals surface area (Å²) in [7, 11) is 0. The number of carbonyl (C=O) groups excluding carboxylic acids is 2. The summed E-state index contributed by atoms with van der Waals surface area (Å²) >= 11 is 17.9. The van der Waals surface area contributed by atoms with Gasteiger partial charge in [0.05, 0.1) is 27.3 Å². The normalized spacial score (nSPS) is 14.3. The van der Waals surface area contributed by atoms with E-state index >= 15 is 0 Å². The molecular weight excluding hydrogens is 433 g/mol. The van der Waals surface area contributed by atoms with Crippen LogP contribution in [0.5, 0.6) is 0 Å². The molecule has 1 aliphatic carbocycles. The highest BCUT2D eigenvalue weighted by molar-refractivity contribution is 6.44. The van der Waals surface area contributed by atoms with Crippen molar-refractivity contribution in [2.75, 3.05) is 17.2 Å². The summed E-state index contributed by atoms with van der Waals surface area (Å²) in [6, 6.07) is 10.3. The molecule has 0 spiro atoms. The number of halogens is 3. The van der Waals surface area contributed by atoms with Gasteiger partial charge in [0.1, 0.15) is 0 Å². The van der Waals surface area contributed by atoms with Crippen LogP contribution in [0.15, 0.2) is 36.4 Å². The molecule has 0 atom stereocenters. The Kier molecular flexibility index (Phi) is 7.64. The highest BCUT2D eigenvalue weighted by Gasteiger charge is 2.16. The molecule has 1 aliphatic rings. The molecule has 0 heterocycles. The number of nitrogens with one attached hydrogen (secondary N) is 3. The first-order valence-corrected chi connectivity index (χ1v) is 10.6. The third-order valence-electron chi connectivity index (χ3n) is 4.82. The number of hydrogen-bond acceptors (Lipinski definition) is 3. The number of benzene rings is 2. The van der Waals surface area contributed by atoms with Crippen molar-refractivity contribution in [3.05, 3.63) is 57.0 Å². The number of hydrogen-bond donors (Lipinski definition) is 3. The molecular formula is C21H22Cl3N3O2. The molecule has 29 heavy (non-hydrogen) atoms. The third-order valence-corrected chi connectivity index (χ3v) is 5.86. The predicted octanol–water partition coefficient (Wildman–Crippen LogP) is 5.76. The predicted molar refractivity (Wildman–Crippen MR) is 119 cm³/mol. The van der Waals surface area contributed by atoms with Gasteiger partial charge in [-0.3, -0.25) is 9.59 Å². The first-order valence-electron chi connectivity index (χ1n) is 9.51. The van der Waals surface area contributed by atoms with Crippen LogP contribution >= 0.6 is 34.8 Å². The molecule has 3 rings (SSSR count). The standard InChI is InChI=1S/C21H22Cl3N3O2/c22-16-10-18(24)19(11-17(16)23)27-20(28)12-25-14-8-6-13(7-9-14)21(29)26-15-4-2-1-3-5-15/h6-11,15,25H,1-5,12H2,(H,26,29)(H,27,28). The highest BCUT2D eigenvalue weighted by Crippen LogP contribution is 2.32. The maximum Gasteiger partial charge on any atom is 0.251 e. The maximum absolute atomic E-state index is 12.3. The van der Waals surface area contributed by atoms with Gasteiger partial charge in [-0.2, -0.15) is 0 Å². The number of anilines is 2. The molecule has 1 saturated carbocycles. The van der Waals surface area contributed by atoms with Gasteiger partial charge in [-0.15, -0.1) is 0 Å². The van der Waals surface area contributed by atoms with Crippen LogP contribution in [0.1, 0.15) is 42.5 Å². The van der Waals surface area contributed by atoms with Gasteiger partial charge < -0.3 is 16.0 Å². The molecule has 0 unspecified atom stereocenters. The lowest BCUT2D eigenvalue weighted by Crippen LogP contribution is -2.36. The van der Waals surface area contributed by atoms with E-state index in [-0.39, 0.29) is 24.4 Å². The molecule has 2 aromatic carbocycles. The van der Waals surface area contributed by atoms with Crippen LogP contribution in [0.2, 0.25) is 15.1 Å². The van der Waals surface area contributed by atoms with Gasteiger partial charge >= 0.3 is 0 Å². The summed E-state index contributed by atoms with van der Waals surface area (Å²) < 4.78 is 0. The van der Waals surface area contributed by atoms with Gasteiger partial charge in [0.15, 0.2) is 0 Å². The zero-order chi connectivity index (χ0) is 20.8. The molecule has 8 heteroatoms. The monoisotopic (exact) mass is 453 g/mol. The van der Waals surface area contributed by atoms with Gasteiger partial charge in [0.25, 0.3) is 5.91 Å². The van der Waals surface area contributed by atoms with Gasteiger partial charge in [0.2, 0.25) is 5.91 Å². The molecule has 0 saturated heterocycles. The lowest BCUT2D eigenvalue weighted by Gasteiger charge is -2.22. The molecule has 0 aromatic heterocycles. The Morgan fingerprint density at radius 2 is 1.55 bits per heavy atom. The van der Waals surface area contributed by atoms with Gasteiger partial charge in [0, 0.05) is 17.3 Å². The Morgan fingerprint density at radius 3 is 2.24 bits per heavy atom. The van der Waals surface area contributed by atoms with Gasteiger partial charge in [-0.05, 0) is 49.2 Å². The van der Waals surface area contributed by atoms with Crippen LogP contribution in [0.25, 0.3) is 0 Å². The van der Waals surface area contributed by atoms with E-state index in [0.29, 0.717) is 26.3 Å². The van der Waals surface area contributed by atoms with E-state index in [2.05, 4.69) is 16.0 Å². The topological polar surface area (TPSA) is 70.2 Å². The van der Waals surface area contributed by atoms with Crippen molar-refractivity contribution in [1.82, 2.24) is 5.32 Å². The minimum Gasteiger partial charge on any atom is -0.376 e. The Balaban J connectivity index is 1.50. The minimum atomic E-state index is -0.288. The average molecular weight is 455 g/mol. The lowest BCUT2D eigenvalue weighted by atomic mass is 9.95. The summed E-state index contributed by atoms with van der Waals surface area (Å²) in [4.78, 5) is 24.5. The third kappa shape index (κ3) is 6.26. The fraction of sp³-hybridized carbons (Fsp3) is 0.333. The summed E-state index contributed by atoms with van der Waals surface area (Å²) in [5.41, 5.74) is 1.73. The summed E-state index contributed by atoms with van der Waals surface area (Å²) in [6.45, 7) is 0.0319. The molecule has 5 nitrogen and oxygen atoms in total. The average Bonchev–Trinajstić information content (AvgIpc) is 2.71. The number of rotatable bonds is 6. The van der Waals surface area contributed by atoms with Crippen molar-refractivity contribution in [2.45, 2.75) is 38.1 Å². The Hall–Kier alpha value is -1.95. The second-order valence-corrected chi connectivity index (χ2v) is 8.26. The van der Waals surface area contributed by atoms with E-state index < -0.39 is 0 Å². The van der Waals surface area contributed by atoms with Gasteiger partial charge in [-0.1, -0.05) is 54.1 Å². The summed E-state index contributed by atoms with van der Waals surface area (Å²) in [5, 5.41) is 9.72. The van der Waals surface area contributed by atoms with E-state index in [4.69, 9.17) is 34.8 Å². The Labute approximate surface area is 185 Å². The molecule has 2 amide bonds. The van der Waals surface area contributed by atoms with Crippen molar-refractivity contribution in [3.8, 4) is 0 Å². The maximum atomic E-state index is 12.3. The van der Waals surface area contributed by atoms with Crippen LogP contribution in [0, 0.1) is 0 Å². The fourth-order valence-corrected chi connectivity index (χ4v) is 3.84. The SMILES string of the molecule is O=C(CNc1ccc(C(=O)NC2CCCCC2)cc1)Nc1cc(Cl)c(Cl)cc1Cl. The van der Waals surface area contributed by atoms with E-state index in [1.165, 1.54) is 31.4 Å². The molecule has 154 valence electrons. The molecule has 0 bridgehead atoms. The molecule has 3 N–H and O–H groups in total. The largest absolute Gasteiger partial charge is 0.376 e. The molecule has 0 radical (unpaired) electrons. The second kappa shape index (κ2) is 10.2. The molecule has 0 aliphatic heterocycles. The number of carbonyl (C=O) groups is 2. The van der Waals surface area contributed by atoms with E-state index in [0.717, 1.165) is 18.5 Å². The second-order valence-electron chi connectivity index (χ2n) is 7.03. The molecule has 1 fully saturated rings. The van der Waals surface area contributed by atoms with Crippen molar-refractivity contribution in [1.29, 1.82) is 0 Å². The van der Waals surface area contributed by atoms with Crippen molar-refractivity contribution in [3.63, 3.8) is 0 Å². The minimum absolute atomic E-state index is 0.0319. The van der Waals surface area contributed by atoms with Crippen LogP contribution < -0.4 is 16.0 Å². The zero-order valence-corrected chi connectivity index (χ0v) is 18.0. The van der Waals surface area contributed by atoms with Crippen LogP contribution in [-0.4, -0.2) is 24.4 Å². The lowest BCUT2D eigenvalue weighted by molar-refractivity contribution is -0.114. The summed E-state index contributed by atoms with van der Waals surface area (Å²) in [5.74, 6) is -0.347. The first-order chi connectivity index (χ1) is 13.9. The summed E-state index contributed by atoms with van der Waals surface area (Å²) in [6.07, 6.45) is 5.68. The van der Waals surface area contributed by atoms with Crippen molar-refractivity contribution >= 4 is 58.0 Å². The van der Waals surface area contributed by atoms with E-state index in [1.54, 1.807) is 24.3 Å². The quantitative estimate of drug-likeness (QED) is 0.486. The van der Waals surface area contributed by atoms with Crippen molar-refractivity contribution < 1.29 is 9.59 Å². The zero-order valence-electron chi connectivity index (χ0n) is 15.7. The smallest absolute Gasteiger partial charge is 0.251 e. The Morgan fingerprint density at radius 1 is 0.897 bits per heavy atom. The van der Waals surface area contributed by atoms with E-state index in [9.17, 15) is 9.59 Å². The first kappa shape index (κ1) is 21.8. The fourth-order valence-electron chi connectivity index (χ4n) is 3.25. The number of amides is 2. The Bertz CT molecular complexity index is 881. The van der Waals surface area contributed by atoms with E-state index in [1.807, 2.05) is 0 Å². The highest BCUT2D eigenvalue weighted by atomic mass is 35.5. The van der Waals surface area contributed by atoms with Crippen molar-refractivity contribution in [2.24, 2.45) is 0 Å². The van der Waals surface area contributed by atoms with Crippen LogP contribution in [-0.2, 0) is 4.79 Å². The van der Waals surface area contributed by atoms with Crippen LogP contribution in [0.3, 0.4) is 0 Å².